The minimum atomic E-state index is -0.357. The van der Waals surface area contributed by atoms with Crippen molar-refractivity contribution in [2.45, 2.75) is 45.1 Å². The van der Waals surface area contributed by atoms with Crippen LogP contribution in [-0.4, -0.2) is 53.0 Å². The molecule has 4 rings (SSSR count). The number of nitrogens with zero attached hydrogens (tertiary/aromatic N) is 5. The number of azo groups is 1. The van der Waals surface area contributed by atoms with Gasteiger partial charge in [-0.2, -0.15) is 4.98 Å². The summed E-state index contributed by atoms with van der Waals surface area (Å²) in [5, 5.41) is 17.8. The van der Waals surface area contributed by atoms with Gasteiger partial charge >= 0.3 is 0 Å². The molecule has 0 spiro atoms. The lowest BCUT2D eigenvalue weighted by atomic mass is 9.93. The van der Waals surface area contributed by atoms with Crippen LogP contribution in [0.5, 0.6) is 0 Å². The molecule has 1 fully saturated rings. The van der Waals surface area contributed by atoms with Gasteiger partial charge in [-0.15, -0.1) is 10.2 Å². The number of aryl methyl sites for hydroxylation is 1. The quantitative estimate of drug-likeness (QED) is 0.534. The van der Waals surface area contributed by atoms with Gasteiger partial charge in [0.15, 0.2) is 11.6 Å². The van der Waals surface area contributed by atoms with Gasteiger partial charge in [-0.1, -0.05) is 35.9 Å². The van der Waals surface area contributed by atoms with E-state index in [1.54, 1.807) is 0 Å². The van der Waals surface area contributed by atoms with E-state index in [0.717, 1.165) is 25.1 Å². The zero-order valence-electron chi connectivity index (χ0n) is 18.1. The Kier molecular flexibility index (Phi) is 7.55. The molecule has 0 saturated carbocycles. The Morgan fingerprint density at radius 1 is 1.16 bits per heavy atom. The molecule has 1 saturated heterocycles. The summed E-state index contributed by atoms with van der Waals surface area (Å²) in [4.78, 5) is 30.7. The van der Waals surface area contributed by atoms with Crippen molar-refractivity contribution in [1.29, 1.82) is 0 Å². The molecule has 0 bridgehead atoms. The Hall–Kier alpha value is -3.14. The van der Waals surface area contributed by atoms with E-state index in [0.29, 0.717) is 50.0 Å². The third kappa shape index (κ3) is 5.97. The van der Waals surface area contributed by atoms with E-state index in [-0.39, 0.29) is 17.7 Å². The van der Waals surface area contributed by atoms with E-state index in [2.05, 4.69) is 35.9 Å². The molecule has 3 heterocycles. The Bertz CT molecular complexity index is 941. The predicted molar refractivity (Wildman–Crippen MR) is 116 cm³/mol. The number of allylic oxidation sites excluding steroid dienone is 3. The number of carbonyl (C=O) groups excluding carboxylic acids is 2. The van der Waals surface area contributed by atoms with Gasteiger partial charge in [-0.05, 0) is 32.4 Å². The number of likely N-dealkylation sites (tertiary alicyclic amines) is 1. The molecule has 1 atom stereocenters. The second-order valence-electron chi connectivity index (χ2n) is 8.14. The van der Waals surface area contributed by atoms with Crippen LogP contribution in [0.2, 0.25) is 0 Å². The summed E-state index contributed by atoms with van der Waals surface area (Å²) >= 11 is 0. The van der Waals surface area contributed by atoms with Crippen molar-refractivity contribution in [3.8, 4) is 0 Å². The normalized spacial score (nSPS) is 20.5. The van der Waals surface area contributed by atoms with E-state index in [9.17, 15) is 9.59 Å². The number of piperidine rings is 1. The van der Waals surface area contributed by atoms with Gasteiger partial charge in [0.05, 0.1) is 12.5 Å². The van der Waals surface area contributed by atoms with Crippen molar-refractivity contribution in [2.75, 3.05) is 26.2 Å². The van der Waals surface area contributed by atoms with Crippen LogP contribution in [0.1, 0.15) is 43.8 Å². The van der Waals surface area contributed by atoms with E-state index < -0.39 is 0 Å². The monoisotopic (exact) mass is 439 g/mol. The first kappa shape index (κ1) is 22.1. The number of hydrogen-bond acceptors (Lipinski definition) is 8. The average molecular weight is 440 g/mol. The first-order valence-electron chi connectivity index (χ1n) is 11.3. The van der Waals surface area contributed by atoms with Gasteiger partial charge in [-0.25, -0.2) is 0 Å². The molecule has 1 aromatic rings. The second-order valence-corrected chi connectivity index (χ2v) is 8.14. The lowest BCUT2D eigenvalue weighted by Gasteiger charge is -2.24. The molecule has 10 nitrogen and oxygen atoms in total. The van der Waals surface area contributed by atoms with Crippen molar-refractivity contribution in [3.05, 3.63) is 47.4 Å². The molecule has 2 amide bonds. The summed E-state index contributed by atoms with van der Waals surface area (Å²) < 4.78 is 5.28. The third-order valence-electron chi connectivity index (χ3n) is 5.67. The number of aromatic nitrogens is 2. The van der Waals surface area contributed by atoms with Gasteiger partial charge < -0.3 is 15.2 Å². The molecule has 10 heteroatoms. The van der Waals surface area contributed by atoms with E-state index in [1.807, 2.05) is 24.3 Å². The smallest absolute Gasteiger partial charge is 0.276 e. The molecule has 1 aromatic heterocycles. The lowest BCUT2D eigenvalue weighted by molar-refractivity contribution is -0.121. The molecule has 3 aliphatic rings. The molecule has 1 aliphatic carbocycles. The molecule has 0 radical (unpaired) electrons. The van der Waals surface area contributed by atoms with Gasteiger partial charge in [0.25, 0.3) is 5.91 Å². The average Bonchev–Trinajstić information content (AvgIpc) is 3.27. The Morgan fingerprint density at radius 3 is 2.91 bits per heavy atom. The first-order valence-corrected chi connectivity index (χ1v) is 11.3. The topological polar surface area (TPSA) is 125 Å². The fourth-order valence-corrected chi connectivity index (χ4v) is 3.95. The van der Waals surface area contributed by atoms with Crippen molar-refractivity contribution in [1.82, 2.24) is 25.7 Å². The van der Waals surface area contributed by atoms with Gasteiger partial charge in [0, 0.05) is 31.5 Å². The standard InChI is InChI=1S/C22H29N7O3/c30-19(9-10-20-25-18(28-32-20)15-29-13-4-1-5-14-29)23-11-6-12-24-21-16-7-2-3-8-17(16)22(31)27-26-21/h2-3,7-8,17,24H,1,4-6,9-15H2,(H,23,30). The highest BCUT2D eigenvalue weighted by atomic mass is 16.5. The Labute approximate surface area is 186 Å². The van der Waals surface area contributed by atoms with Crippen LogP contribution in [-0.2, 0) is 22.6 Å². The van der Waals surface area contributed by atoms with Gasteiger partial charge in [0.1, 0.15) is 0 Å². The summed E-state index contributed by atoms with van der Waals surface area (Å²) in [6.07, 6.45) is 12.6. The fourth-order valence-electron chi connectivity index (χ4n) is 3.95. The van der Waals surface area contributed by atoms with Crippen molar-refractivity contribution in [3.63, 3.8) is 0 Å². The van der Waals surface area contributed by atoms with Crippen LogP contribution >= 0.6 is 0 Å². The number of nitrogens with one attached hydrogen (secondary N) is 2. The molecule has 2 N–H and O–H groups in total. The highest BCUT2D eigenvalue weighted by molar-refractivity contribution is 5.86. The van der Waals surface area contributed by atoms with Crippen LogP contribution in [0.25, 0.3) is 0 Å². The SMILES string of the molecule is O=C(CCc1nc(CN2CCCCC2)no1)NCCCNC1=C2C=CC=CC2C(=O)N=N1. The molecule has 0 aromatic carbocycles. The largest absolute Gasteiger partial charge is 0.368 e. The zero-order valence-corrected chi connectivity index (χ0v) is 18.1. The number of rotatable bonds is 10. The molecule has 1 unspecified atom stereocenters. The second kappa shape index (κ2) is 10.9. The lowest BCUT2D eigenvalue weighted by Crippen LogP contribution is -2.29. The number of amides is 2. The summed E-state index contributed by atoms with van der Waals surface area (Å²) in [6.45, 7) is 4.01. The van der Waals surface area contributed by atoms with Gasteiger partial charge in [-0.3, -0.25) is 14.5 Å². The van der Waals surface area contributed by atoms with Crippen molar-refractivity contribution < 1.29 is 14.1 Å². The molecule has 32 heavy (non-hydrogen) atoms. The van der Waals surface area contributed by atoms with Crippen LogP contribution in [0.4, 0.5) is 0 Å². The molecular weight excluding hydrogens is 410 g/mol. The number of hydrogen-bond donors (Lipinski definition) is 2. The third-order valence-corrected chi connectivity index (χ3v) is 5.67. The van der Waals surface area contributed by atoms with E-state index in [4.69, 9.17) is 4.52 Å². The fraction of sp³-hybridized carbons (Fsp3) is 0.545. The van der Waals surface area contributed by atoms with Crippen molar-refractivity contribution >= 4 is 11.8 Å². The molecule has 2 aliphatic heterocycles. The van der Waals surface area contributed by atoms with Crippen LogP contribution < -0.4 is 10.6 Å². The predicted octanol–water partition coefficient (Wildman–Crippen LogP) is 2.03. The summed E-state index contributed by atoms with van der Waals surface area (Å²) in [7, 11) is 0. The minimum absolute atomic E-state index is 0.0498. The zero-order chi connectivity index (χ0) is 22.2. The molecule has 170 valence electrons. The minimum Gasteiger partial charge on any atom is -0.368 e. The molecular formula is C22H29N7O3. The highest BCUT2D eigenvalue weighted by Gasteiger charge is 2.26. The summed E-state index contributed by atoms with van der Waals surface area (Å²) in [5.74, 6) is 1.15. The van der Waals surface area contributed by atoms with E-state index in [1.165, 1.54) is 19.3 Å². The Balaban J connectivity index is 1.11. The number of fused-ring (bicyclic) bond motifs is 1. The maximum Gasteiger partial charge on any atom is 0.276 e. The maximum atomic E-state index is 12.1. The van der Waals surface area contributed by atoms with Crippen LogP contribution in [0.15, 0.2) is 50.4 Å². The van der Waals surface area contributed by atoms with E-state index >= 15 is 0 Å². The van der Waals surface area contributed by atoms with Crippen LogP contribution in [0.3, 0.4) is 0 Å². The number of carbonyl (C=O) groups is 2. The first-order chi connectivity index (χ1) is 15.7. The van der Waals surface area contributed by atoms with Crippen LogP contribution in [0, 0.1) is 5.92 Å². The summed E-state index contributed by atoms with van der Waals surface area (Å²) in [6, 6.07) is 0. The summed E-state index contributed by atoms with van der Waals surface area (Å²) in [5.41, 5.74) is 0.829. The maximum absolute atomic E-state index is 12.1. The van der Waals surface area contributed by atoms with Crippen molar-refractivity contribution in [2.24, 2.45) is 16.1 Å². The Morgan fingerprint density at radius 2 is 2.03 bits per heavy atom. The highest BCUT2D eigenvalue weighted by Crippen LogP contribution is 2.27. The van der Waals surface area contributed by atoms with Gasteiger partial charge in [0.2, 0.25) is 11.8 Å².